The molecule has 0 aliphatic carbocycles. The van der Waals surface area contributed by atoms with Crippen molar-refractivity contribution < 1.29 is 5.11 Å². The average Bonchev–Trinajstić information content (AvgIpc) is 2.43. The molecule has 0 bridgehead atoms. The third kappa shape index (κ3) is 3.55. The highest BCUT2D eigenvalue weighted by Gasteiger charge is 2.09. The van der Waals surface area contributed by atoms with Crippen LogP contribution in [0.5, 0.6) is 5.75 Å². The Balaban J connectivity index is 2.04. The van der Waals surface area contributed by atoms with E-state index >= 15 is 0 Å². The molecule has 1 unspecified atom stereocenters. The minimum absolute atomic E-state index is 0.299. The fourth-order valence-corrected chi connectivity index (χ4v) is 2.14. The molecule has 1 heterocycles. The zero-order chi connectivity index (χ0) is 13.7. The number of nitrogens with zero attached hydrogens (tertiary/aromatic N) is 1. The number of benzene rings is 1. The fourth-order valence-electron chi connectivity index (χ4n) is 2.14. The summed E-state index contributed by atoms with van der Waals surface area (Å²) in [6.45, 7) is 5.06. The van der Waals surface area contributed by atoms with E-state index in [9.17, 15) is 5.11 Å². The monoisotopic (exact) mass is 256 g/mol. The first kappa shape index (κ1) is 13.6. The first-order chi connectivity index (χ1) is 9.20. The zero-order valence-electron chi connectivity index (χ0n) is 11.4. The molecule has 1 atom stereocenters. The average molecular weight is 256 g/mol. The highest BCUT2D eigenvalue weighted by atomic mass is 16.3. The molecule has 1 aromatic carbocycles. The maximum absolute atomic E-state index is 9.33. The number of hydrogen-bond acceptors (Lipinski definition) is 3. The van der Waals surface area contributed by atoms with Crippen molar-refractivity contribution in [3.8, 4) is 5.75 Å². The number of aromatic hydroxyl groups is 1. The van der Waals surface area contributed by atoms with Crippen molar-refractivity contribution in [2.75, 3.05) is 0 Å². The van der Waals surface area contributed by atoms with Crippen LogP contribution in [-0.2, 0) is 6.54 Å². The van der Waals surface area contributed by atoms with Gasteiger partial charge in [0.2, 0.25) is 0 Å². The van der Waals surface area contributed by atoms with Gasteiger partial charge in [0, 0.05) is 25.0 Å². The highest BCUT2D eigenvalue weighted by Crippen LogP contribution is 2.20. The molecule has 0 spiro atoms. The van der Waals surface area contributed by atoms with Gasteiger partial charge in [-0.25, -0.2) is 0 Å². The predicted octanol–water partition coefficient (Wildman–Crippen LogP) is 3.34. The van der Waals surface area contributed by atoms with Crippen LogP contribution < -0.4 is 5.32 Å². The van der Waals surface area contributed by atoms with Gasteiger partial charge in [-0.15, -0.1) is 0 Å². The van der Waals surface area contributed by atoms with E-state index in [0.29, 0.717) is 11.8 Å². The molecular weight excluding hydrogens is 236 g/mol. The number of nitrogens with one attached hydrogen (secondary N) is 1. The Labute approximate surface area is 114 Å². The lowest BCUT2D eigenvalue weighted by Crippen LogP contribution is -2.20. The summed E-state index contributed by atoms with van der Waals surface area (Å²) in [4.78, 5) is 4.10. The van der Waals surface area contributed by atoms with E-state index < -0.39 is 0 Å². The smallest absolute Gasteiger partial charge is 0.115 e. The van der Waals surface area contributed by atoms with Crippen molar-refractivity contribution in [1.82, 2.24) is 10.3 Å². The summed E-state index contributed by atoms with van der Waals surface area (Å²) >= 11 is 0. The third-order valence-corrected chi connectivity index (χ3v) is 3.38. The maximum atomic E-state index is 9.33. The van der Waals surface area contributed by atoms with E-state index in [-0.39, 0.29) is 0 Å². The summed E-state index contributed by atoms with van der Waals surface area (Å²) in [5.74, 6) is 0.309. The summed E-state index contributed by atoms with van der Waals surface area (Å²) in [6.07, 6.45) is 4.72. The summed E-state index contributed by atoms with van der Waals surface area (Å²) in [6, 6.07) is 9.75. The minimum Gasteiger partial charge on any atom is -0.508 e. The molecule has 0 aliphatic rings. The van der Waals surface area contributed by atoms with Crippen LogP contribution in [0.4, 0.5) is 0 Å². The van der Waals surface area contributed by atoms with E-state index in [1.165, 1.54) is 16.7 Å². The molecule has 0 fully saturated rings. The van der Waals surface area contributed by atoms with Crippen LogP contribution in [0.2, 0.25) is 0 Å². The molecular formula is C16H20N2O. The Bertz CT molecular complexity index is 523. The van der Waals surface area contributed by atoms with E-state index in [1.54, 1.807) is 12.1 Å². The van der Waals surface area contributed by atoms with Gasteiger partial charge in [0.1, 0.15) is 5.75 Å². The molecule has 0 saturated heterocycles. The van der Waals surface area contributed by atoms with Gasteiger partial charge < -0.3 is 10.4 Å². The topological polar surface area (TPSA) is 45.2 Å². The zero-order valence-corrected chi connectivity index (χ0v) is 11.4. The van der Waals surface area contributed by atoms with Gasteiger partial charge in [0.05, 0.1) is 0 Å². The predicted molar refractivity (Wildman–Crippen MR) is 77.0 cm³/mol. The van der Waals surface area contributed by atoms with Crippen molar-refractivity contribution in [2.24, 2.45) is 0 Å². The second-order valence-corrected chi connectivity index (χ2v) is 4.74. The quantitative estimate of drug-likeness (QED) is 0.862. The largest absolute Gasteiger partial charge is 0.508 e. The Hall–Kier alpha value is -1.87. The van der Waals surface area contributed by atoms with Gasteiger partial charge in [-0.3, -0.25) is 4.98 Å². The van der Waals surface area contributed by atoms with Crippen LogP contribution >= 0.6 is 0 Å². The molecule has 2 aromatic rings. The summed E-state index contributed by atoms with van der Waals surface area (Å²) in [7, 11) is 0. The molecule has 2 rings (SSSR count). The van der Waals surface area contributed by atoms with Crippen LogP contribution in [0.3, 0.4) is 0 Å². The molecule has 3 nitrogen and oxygen atoms in total. The van der Waals surface area contributed by atoms with E-state index in [1.807, 2.05) is 30.6 Å². The normalized spacial score (nSPS) is 12.3. The number of phenols is 1. The van der Waals surface area contributed by atoms with E-state index in [4.69, 9.17) is 0 Å². The third-order valence-electron chi connectivity index (χ3n) is 3.38. The summed E-state index contributed by atoms with van der Waals surface area (Å²) in [5.41, 5.74) is 3.68. The number of phenolic OH excluding ortho intramolecular Hbond substituents is 1. The molecule has 0 saturated carbocycles. The number of hydrogen-bond donors (Lipinski definition) is 2. The van der Waals surface area contributed by atoms with Gasteiger partial charge >= 0.3 is 0 Å². The summed E-state index contributed by atoms with van der Waals surface area (Å²) in [5, 5.41) is 12.9. The Morgan fingerprint density at radius 2 is 1.95 bits per heavy atom. The molecule has 3 heteroatoms. The van der Waals surface area contributed by atoms with Crippen LogP contribution in [0, 0.1) is 6.92 Å². The fraction of sp³-hybridized carbons (Fsp3) is 0.312. The Kier molecular flexibility index (Phi) is 4.53. The van der Waals surface area contributed by atoms with Gasteiger partial charge in [-0.2, -0.15) is 0 Å². The molecule has 2 N–H and O–H groups in total. The number of aromatic nitrogens is 1. The van der Waals surface area contributed by atoms with Gasteiger partial charge in [-0.05, 0) is 48.2 Å². The number of rotatable bonds is 5. The van der Waals surface area contributed by atoms with Crippen LogP contribution in [-0.4, -0.2) is 10.1 Å². The first-order valence-electron chi connectivity index (χ1n) is 6.62. The number of aryl methyl sites for hydroxylation is 1. The standard InChI is InChI=1S/C16H20N2O/c1-3-16(13-4-6-15(19)7-5-13)18-11-14-8-9-17-10-12(14)2/h4-10,16,18-19H,3,11H2,1-2H3. The molecule has 1 aromatic heterocycles. The van der Waals surface area contributed by atoms with Crippen LogP contribution in [0.25, 0.3) is 0 Å². The number of pyridine rings is 1. The highest BCUT2D eigenvalue weighted by molar-refractivity contribution is 5.28. The SMILES string of the molecule is CCC(NCc1ccncc1C)c1ccc(O)cc1. The van der Waals surface area contributed by atoms with Crippen molar-refractivity contribution in [3.63, 3.8) is 0 Å². The molecule has 0 radical (unpaired) electrons. The lowest BCUT2D eigenvalue weighted by Gasteiger charge is -2.18. The Morgan fingerprint density at radius 1 is 1.21 bits per heavy atom. The van der Waals surface area contributed by atoms with Crippen LogP contribution in [0.15, 0.2) is 42.7 Å². The van der Waals surface area contributed by atoms with E-state index in [0.717, 1.165) is 13.0 Å². The summed E-state index contributed by atoms with van der Waals surface area (Å²) < 4.78 is 0. The van der Waals surface area contributed by atoms with Crippen molar-refractivity contribution in [3.05, 3.63) is 59.4 Å². The second-order valence-electron chi connectivity index (χ2n) is 4.74. The minimum atomic E-state index is 0.299. The Morgan fingerprint density at radius 3 is 2.58 bits per heavy atom. The molecule has 100 valence electrons. The van der Waals surface area contributed by atoms with Gasteiger partial charge in [-0.1, -0.05) is 19.1 Å². The van der Waals surface area contributed by atoms with Gasteiger partial charge in [0.25, 0.3) is 0 Å². The lowest BCUT2D eigenvalue weighted by molar-refractivity contribution is 0.473. The second kappa shape index (κ2) is 6.34. The van der Waals surface area contributed by atoms with Crippen molar-refractivity contribution in [2.45, 2.75) is 32.9 Å². The first-order valence-corrected chi connectivity index (χ1v) is 6.62. The van der Waals surface area contributed by atoms with Crippen molar-refractivity contribution in [1.29, 1.82) is 0 Å². The molecule has 0 amide bonds. The van der Waals surface area contributed by atoms with Crippen LogP contribution in [0.1, 0.15) is 36.1 Å². The van der Waals surface area contributed by atoms with E-state index in [2.05, 4.69) is 24.1 Å². The lowest BCUT2D eigenvalue weighted by atomic mass is 10.0. The van der Waals surface area contributed by atoms with Crippen molar-refractivity contribution >= 4 is 0 Å². The maximum Gasteiger partial charge on any atom is 0.115 e. The molecule has 19 heavy (non-hydrogen) atoms. The molecule has 0 aliphatic heterocycles. The van der Waals surface area contributed by atoms with Gasteiger partial charge in [0.15, 0.2) is 0 Å².